The van der Waals surface area contributed by atoms with E-state index in [1.165, 1.54) is 5.56 Å². The fourth-order valence-electron chi connectivity index (χ4n) is 3.00. The summed E-state index contributed by atoms with van der Waals surface area (Å²) in [7, 11) is 4.07. The van der Waals surface area contributed by atoms with Gasteiger partial charge in [0.25, 0.3) is 5.91 Å². The summed E-state index contributed by atoms with van der Waals surface area (Å²) < 4.78 is 1.11. The van der Waals surface area contributed by atoms with E-state index in [1.807, 2.05) is 44.4 Å². The molecular weight excluding hydrogens is 437 g/mol. The number of thiazole rings is 1. The molecule has 0 aliphatic rings. The van der Waals surface area contributed by atoms with Gasteiger partial charge in [0.05, 0.1) is 10.2 Å². The zero-order valence-electron chi connectivity index (χ0n) is 17.5. The molecule has 4 nitrogen and oxygen atoms in total. The summed E-state index contributed by atoms with van der Waals surface area (Å²) in [6, 6.07) is 13.8. The number of amides is 1. The van der Waals surface area contributed by atoms with Crippen LogP contribution >= 0.6 is 35.3 Å². The third-order valence-electron chi connectivity index (χ3n) is 4.64. The number of carbonyl (C=O) groups excluding carboxylic acids is 1. The number of halogens is 2. The molecule has 0 radical (unpaired) electrons. The largest absolute Gasteiger partial charge is 0.309 e. The highest BCUT2D eigenvalue weighted by Gasteiger charge is 2.18. The lowest BCUT2D eigenvalue weighted by Crippen LogP contribution is -2.32. The van der Waals surface area contributed by atoms with Crippen molar-refractivity contribution in [2.45, 2.75) is 19.8 Å². The molecule has 0 saturated carbocycles. The summed E-state index contributed by atoms with van der Waals surface area (Å²) in [6.45, 7) is 3.66. The molecule has 0 aliphatic carbocycles. The Kier molecular flexibility index (Phi) is 9.31. The molecule has 0 bridgehead atoms. The Hall–Kier alpha value is -1.92. The van der Waals surface area contributed by atoms with Crippen molar-refractivity contribution in [2.75, 3.05) is 32.1 Å². The summed E-state index contributed by atoms with van der Waals surface area (Å²) in [5.41, 5.74) is 3.03. The Morgan fingerprint density at radius 2 is 1.93 bits per heavy atom. The average molecular weight is 464 g/mol. The first-order valence-electron chi connectivity index (χ1n) is 9.76. The van der Waals surface area contributed by atoms with Gasteiger partial charge >= 0.3 is 0 Å². The van der Waals surface area contributed by atoms with E-state index in [2.05, 4.69) is 24.0 Å². The minimum Gasteiger partial charge on any atom is -0.309 e. The fraction of sp³-hybridized carbons (Fsp3) is 0.304. The zero-order chi connectivity index (χ0) is 20.8. The lowest BCUT2D eigenvalue weighted by Gasteiger charge is -2.19. The van der Waals surface area contributed by atoms with E-state index in [9.17, 15) is 4.79 Å². The second-order valence-electron chi connectivity index (χ2n) is 7.15. The van der Waals surface area contributed by atoms with Crippen LogP contribution in [0, 0.1) is 0 Å². The van der Waals surface area contributed by atoms with Crippen molar-refractivity contribution < 1.29 is 4.79 Å². The van der Waals surface area contributed by atoms with Gasteiger partial charge in [0.2, 0.25) is 0 Å². The SMILES string of the molecule is CCc1ccc2nc(N(CCCN(C)C)C(=O)C=Cc3ccccc3Cl)sc2c1.Cl. The van der Waals surface area contributed by atoms with E-state index in [-0.39, 0.29) is 18.3 Å². The first-order chi connectivity index (χ1) is 14.0. The minimum atomic E-state index is -0.0848. The van der Waals surface area contributed by atoms with Crippen molar-refractivity contribution in [2.24, 2.45) is 0 Å². The molecule has 1 amide bonds. The van der Waals surface area contributed by atoms with Gasteiger partial charge in [0.1, 0.15) is 0 Å². The summed E-state index contributed by atoms with van der Waals surface area (Å²) in [5, 5.41) is 1.36. The molecule has 3 aromatic rings. The normalized spacial score (nSPS) is 11.2. The van der Waals surface area contributed by atoms with Crippen LogP contribution in [0.15, 0.2) is 48.5 Å². The maximum atomic E-state index is 13.1. The molecule has 2 aromatic carbocycles. The molecule has 7 heteroatoms. The van der Waals surface area contributed by atoms with Crippen LogP contribution in [0.4, 0.5) is 5.13 Å². The van der Waals surface area contributed by atoms with Crippen LogP contribution < -0.4 is 4.90 Å². The molecule has 0 unspecified atom stereocenters. The zero-order valence-corrected chi connectivity index (χ0v) is 19.9. The second-order valence-corrected chi connectivity index (χ2v) is 8.57. The molecule has 30 heavy (non-hydrogen) atoms. The van der Waals surface area contributed by atoms with Crippen LogP contribution in [0.5, 0.6) is 0 Å². The highest BCUT2D eigenvalue weighted by molar-refractivity contribution is 7.22. The third-order valence-corrected chi connectivity index (χ3v) is 6.03. The minimum absolute atomic E-state index is 0. The maximum absolute atomic E-state index is 13.1. The molecule has 3 rings (SSSR count). The first kappa shape index (κ1) is 24.4. The number of carbonyl (C=O) groups is 1. The van der Waals surface area contributed by atoms with Crippen molar-refractivity contribution >= 4 is 62.7 Å². The molecule has 0 atom stereocenters. The number of benzene rings is 2. The Morgan fingerprint density at radius 1 is 1.17 bits per heavy atom. The smallest absolute Gasteiger partial charge is 0.252 e. The second kappa shape index (κ2) is 11.5. The van der Waals surface area contributed by atoms with Crippen molar-refractivity contribution in [1.82, 2.24) is 9.88 Å². The molecular formula is C23H27Cl2N3OS. The van der Waals surface area contributed by atoms with Gasteiger partial charge in [-0.15, -0.1) is 12.4 Å². The van der Waals surface area contributed by atoms with Gasteiger partial charge in [-0.05, 0) is 68.9 Å². The molecule has 160 valence electrons. The Morgan fingerprint density at radius 3 is 2.63 bits per heavy atom. The number of aromatic nitrogens is 1. The summed E-state index contributed by atoms with van der Waals surface area (Å²) in [4.78, 5) is 21.7. The lowest BCUT2D eigenvalue weighted by molar-refractivity contribution is -0.114. The Bertz CT molecular complexity index is 1020. The van der Waals surface area contributed by atoms with Crippen LogP contribution in [-0.2, 0) is 11.2 Å². The molecule has 0 aliphatic heterocycles. The van der Waals surface area contributed by atoms with Crippen molar-refractivity contribution in [3.63, 3.8) is 0 Å². The van der Waals surface area contributed by atoms with E-state index in [0.717, 1.165) is 40.3 Å². The topological polar surface area (TPSA) is 36.4 Å². The number of anilines is 1. The van der Waals surface area contributed by atoms with Crippen LogP contribution in [0.1, 0.15) is 24.5 Å². The predicted molar refractivity (Wildman–Crippen MR) is 132 cm³/mol. The van der Waals surface area contributed by atoms with Gasteiger partial charge < -0.3 is 4.90 Å². The molecule has 0 fully saturated rings. The summed E-state index contributed by atoms with van der Waals surface area (Å²) in [6.07, 6.45) is 5.20. The number of nitrogens with zero attached hydrogens (tertiary/aromatic N) is 3. The number of aryl methyl sites for hydroxylation is 1. The Labute approximate surface area is 193 Å². The van der Waals surface area contributed by atoms with Crippen LogP contribution in [0.3, 0.4) is 0 Å². The van der Waals surface area contributed by atoms with Crippen LogP contribution in [0.2, 0.25) is 5.02 Å². The number of hydrogen-bond donors (Lipinski definition) is 0. The van der Waals surface area contributed by atoms with Gasteiger partial charge in [-0.3, -0.25) is 9.69 Å². The van der Waals surface area contributed by atoms with Gasteiger partial charge in [0.15, 0.2) is 5.13 Å². The summed E-state index contributed by atoms with van der Waals surface area (Å²) in [5.74, 6) is -0.0848. The van der Waals surface area contributed by atoms with Crippen LogP contribution in [0.25, 0.3) is 16.3 Å². The number of rotatable bonds is 8. The van der Waals surface area contributed by atoms with Crippen molar-refractivity contribution in [3.05, 3.63) is 64.7 Å². The maximum Gasteiger partial charge on any atom is 0.252 e. The third kappa shape index (κ3) is 6.29. The molecule has 1 heterocycles. The predicted octanol–water partition coefficient (Wildman–Crippen LogP) is 5.93. The van der Waals surface area contributed by atoms with E-state index in [0.29, 0.717) is 11.6 Å². The molecule has 0 spiro atoms. The van der Waals surface area contributed by atoms with Crippen molar-refractivity contribution in [3.8, 4) is 0 Å². The van der Waals surface area contributed by atoms with Gasteiger partial charge in [0, 0.05) is 17.6 Å². The van der Waals surface area contributed by atoms with E-state index in [1.54, 1.807) is 28.4 Å². The van der Waals surface area contributed by atoms with Gasteiger partial charge in [-0.25, -0.2) is 4.98 Å². The monoisotopic (exact) mass is 463 g/mol. The van der Waals surface area contributed by atoms with E-state index in [4.69, 9.17) is 16.6 Å². The quantitative estimate of drug-likeness (QED) is 0.388. The molecule has 1 aromatic heterocycles. The van der Waals surface area contributed by atoms with Crippen molar-refractivity contribution in [1.29, 1.82) is 0 Å². The molecule has 0 saturated heterocycles. The first-order valence-corrected chi connectivity index (χ1v) is 11.0. The average Bonchev–Trinajstić information content (AvgIpc) is 3.12. The molecule has 0 N–H and O–H groups in total. The fourth-order valence-corrected chi connectivity index (χ4v) is 4.26. The van der Waals surface area contributed by atoms with E-state index < -0.39 is 0 Å². The Balaban J connectivity index is 0.00000320. The highest BCUT2D eigenvalue weighted by Crippen LogP contribution is 2.30. The number of hydrogen-bond acceptors (Lipinski definition) is 4. The highest BCUT2D eigenvalue weighted by atomic mass is 35.5. The lowest BCUT2D eigenvalue weighted by atomic mass is 10.2. The van der Waals surface area contributed by atoms with Crippen LogP contribution in [-0.4, -0.2) is 43.0 Å². The van der Waals surface area contributed by atoms with E-state index >= 15 is 0 Å². The number of fused-ring (bicyclic) bond motifs is 1. The standard InChI is InChI=1S/C23H26ClN3OS.ClH/c1-4-17-10-12-20-21(16-17)29-23(25-20)27(15-7-14-26(2)3)22(28)13-11-18-8-5-6-9-19(18)24;/h5-6,8-13,16H,4,7,14-15H2,1-3H3;1H. The van der Waals surface area contributed by atoms with Gasteiger partial charge in [-0.1, -0.05) is 54.1 Å². The summed E-state index contributed by atoms with van der Waals surface area (Å²) >= 11 is 7.78. The van der Waals surface area contributed by atoms with Gasteiger partial charge in [-0.2, -0.15) is 0 Å².